The van der Waals surface area contributed by atoms with Gasteiger partial charge in [-0.1, -0.05) is 12.1 Å². The van der Waals surface area contributed by atoms with Gasteiger partial charge >= 0.3 is 0 Å². The third-order valence-corrected chi connectivity index (χ3v) is 2.32. The van der Waals surface area contributed by atoms with E-state index in [-0.39, 0.29) is 5.69 Å². The van der Waals surface area contributed by atoms with Gasteiger partial charge in [-0.15, -0.1) is 0 Å². The number of anilines is 1. The number of rotatable bonds is 2. The molecule has 0 atom stereocenters. The summed E-state index contributed by atoms with van der Waals surface area (Å²) in [6.45, 7) is 0. The van der Waals surface area contributed by atoms with Crippen molar-refractivity contribution in [2.45, 2.75) is 0 Å². The lowest BCUT2D eigenvalue weighted by Crippen LogP contribution is -2.16. The monoisotopic (exact) mass is 268 g/mol. The van der Waals surface area contributed by atoms with Crippen LogP contribution in [0.4, 0.5) is 23.2 Å². The quantitative estimate of drug-likeness (QED) is 0.505. The first-order chi connectivity index (χ1) is 9.00. The Bertz CT molecular complexity index is 628. The highest BCUT2D eigenvalue weighted by Crippen LogP contribution is 2.19. The average Bonchev–Trinajstić information content (AvgIpc) is 2.41. The molecule has 0 saturated carbocycles. The molecule has 1 radical (unpaired) electrons. The fourth-order valence-electron chi connectivity index (χ4n) is 1.41. The maximum absolute atomic E-state index is 13.3. The first-order valence-corrected chi connectivity index (χ1v) is 5.11. The maximum Gasteiger partial charge on any atom is 0.258 e. The smallest absolute Gasteiger partial charge is 0.258 e. The molecule has 0 spiro atoms. The van der Waals surface area contributed by atoms with E-state index in [1.807, 2.05) is 0 Å². The van der Waals surface area contributed by atoms with Crippen LogP contribution < -0.4 is 5.32 Å². The van der Waals surface area contributed by atoms with Crippen LogP contribution >= 0.6 is 0 Å². The van der Waals surface area contributed by atoms with Gasteiger partial charge in [0.05, 0.1) is 5.56 Å². The van der Waals surface area contributed by atoms with Gasteiger partial charge in [-0.3, -0.25) is 4.79 Å². The van der Waals surface area contributed by atoms with Crippen LogP contribution in [0.25, 0.3) is 0 Å². The molecule has 0 fully saturated rings. The van der Waals surface area contributed by atoms with Crippen molar-refractivity contribution in [3.05, 3.63) is 65.2 Å². The second kappa shape index (κ2) is 5.09. The number of nitrogens with one attached hydrogen (secondary N) is 1. The summed E-state index contributed by atoms with van der Waals surface area (Å²) >= 11 is 0. The number of halogens is 4. The third kappa shape index (κ3) is 2.57. The summed E-state index contributed by atoms with van der Waals surface area (Å²) in [5.41, 5.74) is -0.627. The van der Waals surface area contributed by atoms with Crippen molar-refractivity contribution >= 4 is 11.6 Å². The Morgan fingerprint density at radius 2 is 1.63 bits per heavy atom. The van der Waals surface area contributed by atoms with E-state index in [1.54, 1.807) is 0 Å². The Labute approximate surface area is 105 Å². The molecule has 2 nitrogen and oxygen atoms in total. The zero-order valence-corrected chi connectivity index (χ0v) is 9.31. The minimum absolute atomic E-state index is 0.285. The predicted octanol–water partition coefficient (Wildman–Crippen LogP) is 3.30. The van der Waals surface area contributed by atoms with Crippen LogP contribution in [0, 0.1) is 29.3 Å². The van der Waals surface area contributed by atoms with Crippen molar-refractivity contribution in [2.75, 3.05) is 5.32 Å². The average molecular weight is 268 g/mol. The van der Waals surface area contributed by atoms with Crippen LogP contribution in [0.5, 0.6) is 0 Å². The first kappa shape index (κ1) is 13.1. The van der Waals surface area contributed by atoms with Crippen molar-refractivity contribution < 1.29 is 22.4 Å². The largest absolute Gasteiger partial charge is 0.322 e. The molecule has 0 unspecified atom stereocenters. The molecule has 0 aliphatic heterocycles. The molecule has 0 aliphatic carbocycles. The normalized spacial score (nSPS) is 10.3. The van der Waals surface area contributed by atoms with E-state index in [4.69, 9.17) is 0 Å². The van der Waals surface area contributed by atoms with Gasteiger partial charge < -0.3 is 5.32 Å². The number of hydrogen-bond donors (Lipinski definition) is 1. The van der Waals surface area contributed by atoms with E-state index in [0.29, 0.717) is 6.07 Å². The minimum Gasteiger partial charge on any atom is -0.322 e. The van der Waals surface area contributed by atoms with Gasteiger partial charge in [-0.25, -0.2) is 17.6 Å². The molecule has 2 rings (SSSR count). The number of benzene rings is 2. The minimum atomic E-state index is -2.02. The fourth-order valence-corrected chi connectivity index (χ4v) is 1.41. The van der Waals surface area contributed by atoms with Gasteiger partial charge in [-0.05, 0) is 24.3 Å². The first-order valence-electron chi connectivity index (χ1n) is 5.11. The molecule has 97 valence electrons. The molecule has 0 aliphatic rings. The molecule has 0 heterocycles. The molecule has 2 aromatic carbocycles. The maximum atomic E-state index is 13.3. The summed E-state index contributed by atoms with van der Waals surface area (Å²) in [7, 11) is 0. The Kier molecular flexibility index (Phi) is 3.50. The third-order valence-electron chi connectivity index (χ3n) is 2.32. The summed E-state index contributed by atoms with van der Waals surface area (Å²) in [5, 5.41) is 2.22. The van der Waals surface area contributed by atoms with Gasteiger partial charge in [-0.2, -0.15) is 0 Å². The Hall–Kier alpha value is -2.37. The van der Waals surface area contributed by atoms with Gasteiger partial charge in [0, 0.05) is 5.69 Å². The van der Waals surface area contributed by atoms with Crippen LogP contribution in [-0.2, 0) is 0 Å². The number of amides is 1. The molecular weight excluding hydrogens is 262 g/mol. The molecule has 0 saturated heterocycles. The van der Waals surface area contributed by atoms with Crippen molar-refractivity contribution in [1.29, 1.82) is 0 Å². The fraction of sp³-hybridized carbons (Fsp3) is 0. The van der Waals surface area contributed by atoms with Crippen LogP contribution in [0.1, 0.15) is 10.4 Å². The van der Waals surface area contributed by atoms with Crippen molar-refractivity contribution in [1.82, 2.24) is 0 Å². The Balaban J connectivity index is 2.35. The summed E-state index contributed by atoms with van der Waals surface area (Å²) in [4.78, 5) is 11.6. The summed E-state index contributed by atoms with van der Waals surface area (Å²) in [6, 6.07) is 8.86. The number of carbonyl (C=O) groups excluding carboxylic acids is 1. The van der Waals surface area contributed by atoms with Crippen LogP contribution in [0.15, 0.2) is 30.3 Å². The SMILES string of the molecule is O=C(Nc1cc[c]cc1)c1cc(F)c(F)c(F)c1F. The van der Waals surface area contributed by atoms with Crippen molar-refractivity contribution in [3.8, 4) is 0 Å². The highest BCUT2D eigenvalue weighted by atomic mass is 19.2. The van der Waals surface area contributed by atoms with E-state index in [0.717, 1.165) is 0 Å². The van der Waals surface area contributed by atoms with Crippen LogP contribution in [0.3, 0.4) is 0 Å². The van der Waals surface area contributed by atoms with E-state index in [2.05, 4.69) is 11.4 Å². The van der Waals surface area contributed by atoms with Gasteiger partial charge in [0.25, 0.3) is 5.91 Å². The predicted molar refractivity (Wildman–Crippen MR) is 59.5 cm³/mol. The second-order valence-electron chi connectivity index (χ2n) is 3.59. The molecule has 0 aromatic heterocycles. The lowest BCUT2D eigenvalue weighted by molar-refractivity contribution is 0.102. The van der Waals surface area contributed by atoms with Gasteiger partial charge in [0.15, 0.2) is 23.3 Å². The highest BCUT2D eigenvalue weighted by molar-refractivity contribution is 6.04. The molecule has 2 aromatic rings. The number of hydrogen-bond acceptors (Lipinski definition) is 1. The van der Waals surface area contributed by atoms with E-state index in [1.165, 1.54) is 24.3 Å². The van der Waals surface area contributed by atoms with Crippen molar-refractivity contribution in [2.24, 2.45) is 0 Å². The number of carbonyl (C=O) groups is 1. The lowest BCUT2D eigenvalue weighted by Gasteiger charge is -2.07. The topological polar surface area (TPSA) is 29.1 Å². The molecule has 6 heteroatoms. The highest BCUT2D eigenvalue weighted by Gasteiger charge is 2.22. The Morgan fingerprint density at radius 1 is 1.00 bits per heavy atom. The molecule has 0 bridgehead atoms. The van der Waals surface area contributed by atoms with E-state index < -0.39 is 34.7 Å². The van der Waals surface area contributed by atoms with Crippen LogP contribution in [-0.4, -0.2) is 5.91 Å². The van der Waals surface area contributed by atoms with E-state index >= 15 is 0 Å². The van der Waals surface area contributed by atoms with Gasteiger partial charge in [0.1, 0.15) is 0 Å². The molecule has 1 amide bonds. The van der Waals surface area contributed by atoms with Gasteiger partial charge in [0.2, 0.25) is 0 Å². The summed E-state index contributed by atoms with van der Waals surface area (Å²) in [5.74, 6) is -8.43. The summed E-state index contributed by atoms with van der Waals surface area (Å²) in [6.07, 6.45) is 0. The molecule has 19 heavy (non-hydrogen) atoms. The standard InChI is InChI=1S/C13H6F4NO/c14-9-6-8(10(15)12(17)11(9)16)13(19)18-7-4-2-1-3-5-7/h2-6H,(H,18,19). The second-order valence-corrected chi connectivity index (χ2v) is 3.59. The lowest BCUT2D eigenvalue weighted by atomic mass is 10.1. The Morgan fingerprint density at radius 3 is 2.26 bits per heavy atom. The zero-order chi connectivity index (χ0) is 14.0. The molecule has 1 N–H and O–H groups in total. The summed E-state index contributed by atoms with van der Waals surface area (Å²) < 4.78 is 52.0. The van der Waals surface area contributed by atoms with E-state index in [9.17, 15) is 22.4 Å². The molecular formula is C13H6F4NO. The zero-order valence-electron chi connectivity index (χ0n) is 9.31. The van der Waals surface area contributed by atoms with Crippen LogP contribution in [0.2, 0.25) is 0 Å². The van der Waals surface area contributed by atoms with Crippen molar-refractivity contribution in [3.63, 3.8) is 0 Å².